The van der Waals surface area contributed by atoms with Crippen LogP contribution >= 0.6 is 22.7 Å². The summed E-state index contributed by atoms with van der Waals surface area (Å²) in [6.07, 6.45) is -0.957. The Bertz CT molecular complexity index is 1500. The van der Waals surface area contributed by atoms with Crippen LogP contribution in [0.5, 0.6) is 17.2 Å². The molecule has 0 amide bonds. The topological polar surface area (TPSA) is 102 Å². The number of thiophene rings is 2. The van der Waals surface area contributed by atoms with Crippen LogP contribution < -0.4 is 14.2 Å². The number of hydrogen-bond acceptors (Lipinski definition) is 7. The van der Waals surface area contributed by atoms with E-state index in [2.05, 4.69) is 0 Å². The van der Waals surface area contributed by atoms with E-state index in [4.69, 9.17) is 24.4 Å². The molecule has 2 N–H and O–H groups in total. The third-order valence-electron chi connectivity index (χ3n) is 6.85. The first-order valence-electron chi connectivity index (χ1n) is 13.4. The molecule has 13 heteroatoms. The molecule has 0 atom stereocenters. The number of ether oxygens (including phenoxy) is 3. The highest BCUT2D eigenvalue weighted by Gasteiger charge is 2.35. The van der Waals surface area contributed by atoms with Crippen LogP contribution in [0, 0.1) is 0 Å². The van der Waals surface area contributed by atoms with Gasteiger partial charge in [0.05, 0.1) is 43.4 Å². The Morgan fingerprint density at radius 1 is 0.721 bits per heavy atom. The van der Waals surface area contributed by atoms with Gasteiger partial charge >= 0.3 is 11.9 Å². The lowest BCUT2D eigenvalue weighted by molar-refractivity contribution is -0.140. The molecule has 2 aromatic heterocycles. The number of carbonyl (C=O) groups is 2. The smallest absolute Gasteiger partial charge is 0.303 e. The average molecular weight is 643 g/mol. The Morgan fingerprint density at radius 2 is 1.23 bits per heavy atom. The van der Waals surface area contributed by atoms with Gasteiger partial charge in [0.15, 0.2) is 11.5 Å². The van der Waals surface area contributed by atoms with Crippen molar-refractivity contribution in [2.24, 2.45) is 0 Å². The molecule has 0 saturated heterocycles. The fourth-order valence-corrected chi connectivity index (χ4v) is 6.71. The summed E-state index contributed by atoms with van der Waals surface area (Å²) in [5.41, 5.74) is 0.835. The summed E-state index contributed by atoms with van der Waals surface area (Å²) in [7, 11) is 2.95. The van der Waals surface area contributed by atoms with E-state index in [0.717, 1.165) is 28.2 Å². The largest absolute Gasteiger partial charge is 0.496 e. The standard InChI is InChI=1S/C30H30F4O7S2/c1-39-20-15-23-18(13-25(42-23)29(31,32)8-6-27(35)36)11-17(20)5-3-4-10-41-22-16-24-19(12-21(22)40-2)14-26(43-24)30(33,34)9-7-28(37)38/h11-16H,3-10H2,1-2H3,(H,35,36)(H,37,38). The molecule has 2 aromatic carbocycles. The summed E-state index contributed by atoms with van der Waals surface area (Å²) in [6, 6.07) is 9.49. The first-order valence-corrected chi connectivity index (χ1v) is 15.0. The highest BCUT2D eigenvalue weighted by Crippen LogP contribution is 2.44. The summed E-state index contributed by atoms with van der Waals surface area (Å²) in [5.74, 6) is -7.74. The summed E-state index contributed by atoms with van der Waals surface area (Å²) in [6.45, 7) is 0.303. The molecule has 4 aromatic rings. The van der Waals surface area contributed by atoms with Gasteiger partial charge in [0, 0.05) is 28.3 Å². The van der Waals surface area contributed by atoms with Crippen LogP contribution in [-0.2, 0) is 27.9 Å². The van der Waals surface area contributed by atoms with E-state index < -0.39 is 49.5 Å². The second-order valence-corrected chi connectivity index (χ2v) is 12.1. The molecule has 0 fully saturated rings. The predicted octanol–water partition coefficient (Wildman–Crippen LogP) is 8.45. The van der Waals surface area contributed by atoms with Crippen molar-refractivity contribution in [2.75, 3.05) is 20.8 Å². The number of fused-ring (bicyclic) bond motifs is 2. The van der Waals surface area contributed by atoms with Crippen molar-refractivity contribution in [3.05, 3.63) is 51.7 Å². The van der Waals surface area contributed by atoms with Crippen molar-refractivity contribution in [2.45, 2.75) is 56.8 Å². The van der Waals surface area contributed by atoms with Crippen LogP contribution in [0.25, 0.3) is 20.2 Å². The van der Waals surface area contributed by atoms with Gasteiger partial charge in [-0.1, -0.05) is 0 Å². The Labute approximate surface area is 252 Å². The van der Waals surface area contributed by atoms with Crippen molar-refractivity contribution in [1.82, 2.24) is 0 Å². The average Bonchev–Trinajstić information content (AvgIpc) is 3.58. The first kappa shape index (κ1) is 32.3. The molecule has 0 radical (unpaired) electrons. The van der Waals surface area contributed by atoms with Crippen molar-refractivity contribution in [1.29, 1.82) is 0 Å². The van der Waals surface area contributed by atoms with Crippen LogP contribution in [0.15, 0.2) is 36.4 Å². The molecule has 0 aliphatic rings. The summed E-state index contributed by atoms with van der Waals surface area (Å²) in [5, 5.41) is 18.7. The zero-order chi connectivity index (χ0) is 31.4. The normalized spacial score (nSPS) is 12.1. The number of alkyl halides is 4. The third kappa shape index (κ3) is 7.88. The number of aryl methyl sites for hydroxylation is 1. The van der Waals surface area contributed by atoms with E-state index in [1.165, 1.54) is 26.4 Å². The highest BCUT2D eigenvalue weighted by molar-refractivity contribution is 7.19. The minimum atomic E-state index is -3.27. The maximum atomic E-state index is 14.6. The number of halogens is 4. The van der Waals surface area contributed by atoms with E-state index in [1.807, 2.05) is 0 Å². The zero-order valence-electron chi connectivity index (χ0n) is 23.4. The first-order chi connectivity index (χ1) is 20.3. The molecule has 4 rings (SSSR count). The van der Waals surface area contributed by atoms with Gasteiger partial charge in [0.25, 0.3) is 11.8 Å². The number of carboxylic acids is 2. The quantitative estimate of drug-likeness (QED) is 0.0934. The molecule has 0 aliphatic carbocycles. The van der Waals surface area contributed by atoms with Gasteiger partial charge in [-0.25, -0.2) is 17.6 Å². The Balaban J connectivity index is 1.39. The van der Waals surface area contributed by atoms with Crippen molar-refractivity contribution in [3.8, 4) is 17.2 Å². The highest BCUT2D eigenvalue weighted by atomic mass is 32.1. The minimum Gasteiger partial charge on any atom is -0.496 e. The monoisotopic (exact) mass is 642 g/mol. The lowest BCUT2D eigenvalue weighted by Crippen LogP contribution is -2.13. The number of rotatable bonds is 16. The third-order valence-corrected chi connectivity index (χ3v) is 9.27. The summed E-state index contributed by atoms with van der Waals surface area (Å²) >= 11 is 1.79. The number of methoxy groups -OCH3 is 2. The van der Waals surface area contributed by atoms with Crippen molar-refractivity contribution >= 4 is 54.8 Å². The summed E-state index contributed by atoms with van der Waals surface area (Å²) < 4.78 is 76.2. The van der Waals surface area contributed by atoms with Gasteiger partial charge in [-0.2, -0.15) is 0 Å². The molecule has 43 heavy (non-hydrogen) atoms. The Hall–Kier alpha value is -3.58. The number of unbranched alkanes of at least 4 members (excludes halogenated alkanes) is 1. The molecule has 0 unspecified atom stereocenters. The Kier molecular flexibility index (Phi) is 10.1. The number of aliphatic carboxylic acids is 2. The number of benzene rings is 2. The van der Waals surface area contributed by atoms with E-state index in [1.54, 1.807) is 24.3 Å². The molecule has 7 nitrogen and oxygen atoms in total. The fourth-order valence-electron chi connectivity index (χ4n) is 4.55. The maximum absolute atomic E-state index is 14.6. The number of carboxylic acid groups (broad SMARTS) is 2. The van der Waals surface area contributed by atoms with Crippen LogP contribution in [0.3, 0.4) is 0 Å². The SMILES string of the molecule is COc1cc2sc(C(F)(F)CCC(=O)O)cc2cc1CCCCOc1cc2sc(C(F)(F)CCC(=O)O)cc2cc1OC. The molecule has 0 saturated carbocycles. The minimum absolute atomic E-state index is 0.191. The Morgan fingerprint density at radius 3 is 1.74 bits per heavy atom. The van der Waals surface area contributed by atoms with Gasteiger partial charge in [-0.05, 0) is 65.9 Å². The van der Waals surface area contributed by atoms with Crippen molar-refractivity contribution < 1.29 is 51.6 Å². The molecule has 0 spiro atoms. The van der Waals surface area contributed by atoms with Crippen LogP contribution in [-0.4, -0.2) is 43.0 Å². The van der Waals surface area contributed by atoms with Crippen LogP contribution in [0.1, 0.15) is 53.8 Å². The van der Waals surface area contributed by atoms with Crippen LogP contribution in [0.4, 0.5) is 17.6 Å². The zero-order valence-corrected chi connectivity index (χ0v) is 25.0. The lowest BCUT2D eigenvalue weighted by atomic mass is 10.0. The van der Waals surface area contributed by atoms with Gasteiger partial charge in [0.2, 0.25) is 0 Å². The second-order valence-electron chi connectivity index (χ2n) is 9.97. The van der Waals surface area contributed by atoms with E-state index in [0.29, 0.717) is 63.3 Å². The molecule has 2 heterocycles. The second kappa shape index (κ2) is 13.4. The lowest BCUT2D eigenvalue weighted by Gasteiger charge is -2.12. The van der Waals surface area contributed by atoms with Gasteiger partial charge in [-0.15, -0.1) is 22.7 Å². The van der Waals surface area contributed by atoms with E-state index in [-0.39, 0.29) is 9.75 Å². The molecular formula is C30H30F4O7S2. The molecule has 0 aliphatic heterocycles. The molecule has 0 bridgehead atoms. The number of hydrogen-bond donors (Lipinski definition) is 2. The van der Waals surface area contributed by atoms with E-state index in [9.17, 15) is 27.2 Å². The van der Waals surface area contributed by atoms with Gasteiger partial charge in [-0.3, -0.25) is 9.59 Å². The van der Waals surface area contributed by atoms with Gasteiger partial charge < -0.3 is 24.4 Å². The molecular weight excluding hydrogens is 612 g/mol. The summed E-state index contributed by atoms with van der Waals surface area (Å²) in [4.78, 5) is 21.1. The fraction of sp³-hybridized carbons (Fsp3) is 0.400. The predicted molar refractivity (Wildman–Crippen MR) is 157 cm³/mol. The van der Waals surface area contributed by atoms with Crippen molar-refractivity contribution in [3.63, 3.8) is 0 Å². The van der Waals surface area contributed by atoms with Crippen LogP contribution in [0.2, 0.25) is 0 Å². The van der Waals surface area contributed by atoms with Gasteiger partial charge in [0.1, 0.15) is 5.75 Å². The molecule has 232 valence electrons. The van der Waals surface area contributed by atoms with E-state index >= 15 is 0 Å². The maximum Gasteiger partial charge on any atom is 0.303 e.